The summed E-state index contributed by atoms with van der Waals surface area (Å²) in [6.07, 6.45) is 0.680. The highest BCUT2D eigenvalue weighted by Gasteiger charge is 2.15. The van der Waals surface area contributed by atoms with Gasteiger partial charge in [0.15, 0.2) is 0 Å². The maximum Gasteiger partial charge on any atom is 0.407 e. The predicted molar refractivity (Wildman–Crippen MR) is 73.6 cm³/mol. The molecule has 1 aromatic heterocycles. The number of hydrogen-bond acceptors (Lipinski definition) is 6. The van der Waals surface area contributed by atoms with Gasteiger partial charge in [0.2, 0.25) is 0 Å². The third-order valence-electron chi connectivity index (χ3n) is 2.06. The highest BCUT2D eigenvalue weighted by Crippen LogP contribution is 2.11. The van der Waals surface area contributed by atoms with Gasteiger partial charge >= 0.3 is 6.09 Å². The van der Waals surface area contributed by atoms with Crippen LogP contribution in [0, 0.1) is 10.1 Å². The molecule has 8 heteroatoms. The van der Waals surface area contributed by atoms with E-state index in [1.807, 2.05) is 0 Å². The zero-order chi connectivity index (χ0) is 15.2. The smallest absolute Gasteiger partial charge is 0.407 e. The molecule has 0 aliphatic heterocycles. The first-order valence-corrected chi connectivity index (χ1v) is 6.09. The number of nitro groups is 1. The fourth-order valence-corrected chi connectivity index (χ4v) is 1.27. The first-order chi connectivity index (χ1) is 9.28. The van der Waals surface area contributed by atoms with E-state index in [1.54, 1.807) is 20.8 Å². The molecule has 0 atom stereocenters. The van der Waals surface area contributed by atoms with Gasteiger partial charge in [0.05, 0.1) is 4.92 Å². The van der Waals surface area contributed by atoms with E-state index >= 15 is 0 Å². The molecule has 110 valence electrons. The average Bonchev–Trinajstić information content (AvgIpc) is 2.33. The molecule has 0 aliphatic carbocycles. The monoisotopic (exact) mass is 282 g/mol. The molecular formula is C12H18N4O4. The minimum atomic E-state index is -0.530. The average molecular weight is 282 g/mol. The summed E-state index contributed by atoms with van der Waals surface area (Å²) in [4.78, 5) is 25.1. The quantitative estimate of drug-likeness (QED) is 0.485. The van der Waals surface area contributed by atoms with Crippen LogP contribution in [0.3, 0.4) is 0 Å². The predicted octanol–water partition coefficient (Wildman–Crippen LogP) is 1.93. The Morgan fingerprint density at radius 1 is 1.40 bits per heavy atom. The van der Waals surface area contributed by atoms with Gasteiger partial charge in [-0.15, -0.1) is 0 Å². The lowest BCUT2D eigenvalue weighted by Gasteiger charge is -2.19. The van der Waals surface area contributed by atoms with E-state index in [2.05, 4.69) is 15.6 Å². The van der Waals surface area contributed by atoms with Gasteiger partial charge in [-0.25, -0.2) is 9.78 Å². The Balaban J connectivity index is 2.27. The summed E-state index contributed by atoms with van der Waals surface area (Å²) in [6.45, 7) is 6.14. The van der Waals surface area contributed by atoms with Crippen molar-refractivity contribution in [1.29, 1.82) is 0 Å². The lowest BCUT2D eigenvalue weighted by atomic mass is 10.2. The summed E-state index contributed by atoms with van der Waals surface area (Å²) in [6, 6.07) is 2.86. The summed E-state index contributed by atoms with van der Waals surface area (Å²) >= 11 is 0. The molecule has 0 aromatic carbocycles. The number of alkyl carbamates (subject to hydrolysis) is 1. The molecule has 0 spiro atoms. The minimum Gasteiger partial charge on any atom is -0.444 e. The van der Waals surface area contributed by atoms with Crippen LogP contribution in [0.5, 0.6) is 0 Å². The Bertz CT molecular complexity index is 467. The summed E-state index contributed by atoms with van der Waals surface area (Å²) in [5, 5.41) is 15.9. The SMILES string of the molecule is CC(C)(C)OC(=O)NCCNc1ccc([N+](=O)[O-])cn1. The summed E-state index contributed by atoms with van der Waals surface area (Å²) in [5.41, 5.74) is -0.598. The zero-order valence-corrected chi connectivity index (χ0v) is 11.7. The first-order valence-electron chi connectivity index (χ1n) is 6.09. The van der Waals surface area contributed by atoms with Crippen molar-refractivity contribution in [2.24, 2.45) is 0 Å². The number of carbonyl (C=O) groups is 1. The fourth-order valence-electron chi connectivity index (χ4n) is 1.27. The molecule has 20 heavy (non-hydrogen) atoms. The number of ether oxygens (including phenoxy) is 1. The normalized spacial score (nSPS) is 10.8. The number of nitrogens with zero attached hydrogens (tertiary/aromatic N) is 2. The molecule has 0 bridgehead atoms. The number of anilines is 1. The van der Waals surface area contributed by atoms with Crippen LogP contribution in [-0.2, 0) is 4.74 Å². The van der Waals surface area contributed by atoms with Gasteiger partial charge in [0.1, 0.15) is 17.6 Å². The highest BCUT2D eigenvalue weighted by atomic mass is 16.6. The van der Waals surface area contributed by atoms with Gasteiger partial charge in [-0.1, -0.05) is 0 Å². The summed E-state index contributed by atoms with van der Waals surface area (Å²) < 4.78 is 5.06. The van der Waals surface area contributed by atoms with Crippen molar-refractivity contribution in [1.82, 2.24) is 10.3 Å². The van der Waals surface area contributed by atoms with Crippen molar-refractivity contribution >= 4 is 17.6 Å². The second-order valence-electron chi connectivity index (χ2n) is 5.01. The molecule has 2 N–H and O–H groups in total. The van der Waals surface area contributed by atoms with E-state index in [1.165, 1.54) is 18.3 Å². The van der Waals surface area contributed by atoms with Crippen LogP contribution >= 0.6 is 0 Å². The van der Waals surface area contributed by atoms with Gasteiger partial charge in [-0.2, -0.15) is 0 Å². The number of carbonyl (C=O) groups excluding carboxylic acids is 1. The molecule has 1 aromatic rings. The topological polar surface area (TPSA) is 106 Å². The molecule has 1 rings (SSSR count). The van der Waals surface area contributed by atoms with Crippen LogP contribution in [0.1, 0.15) is 20.8 Å². The number of pyridine rings is 1. The Hall–Kier alpha value is -2.38. The van der Waals surface area contributed by atoms with Crippen LogP contribution < -0.4 is 10.6 Å². The van der Waals surface area contributed by atoms with Crippen molar-refractivity contribution in [2.75, 3.05) is 18.4 Å². The number of rotatable bonds is 5. The van der Waals surface area contributed by atoms with E-state index in [4.69, 9.17) is 4.74 Å². The molecular weight excluding hydrogens is 264 g/mol. The largest absolute Gasteiger partial charge is 0.444 e. The Kier molecular flexibility index (Phi) is 5.24. The molecule has 1 heterocycles. The highest BCUT2D eigenvalue weighted by molar-refractivity contribution is 5.67. The van der Waals surface area contributed by atoms with E-state index in [9.17, 15) is 14.9 Å². The van der Waals surface area contributed by atoms with Crippen molar-refractivity contribution < 1.29 is 14.5 Å². The van der Waals surface area contributed by atoms with Crippen LogP contribution in [0.4, 0.5) is 16.3 Å². The van der Waals surface area contributed by atoms with E-state index in [0.717, 1.165) is 0 Å². The molecule has 1 amide bonds. The van der Waals surface area contributed by atoms with Gasteiger partial charge in [0.25, 0.3) is 5.69 Å². The molecule has 0 saturated carbocycles. The molecule has 0 unspecified atom stereocenters. The molecule has 0 aliphatic rings. The number of nitrogens with one attached hydrogen (secondary N) is 2. The fraction of sp³-hybridized carbons (Fsp3) is 0.500. The van der Waals surface area contributed by atoms with Gasteiger partial charge < -0.3 is 15.4 Å². The maximum absolute atomic E-state index is 11.3. The van der Waals surface area contributed by atoms with Crippen LogP contribution in [-0.4, -0.2) is 34.7 Å². The zero-order valence-electron chi connectivity index (χ0n) is 11.7. The maximum atomic E-state index is 11.3. The summed E-state index contributed by atoms with van der Waals surface area (Å²) in [5.74, 6) is 0.501. The lowest BCUT2D eigenvalue weighted by molar-refractivity contribution is -0.385. The molecule has 0 fully saturated rings. The van der Waals surface area contributed by atoms with Crippen LogP contribution in [0.2, 0.25) is 0 Å². The van der Waals surface area contributed by atoms with E-state index in [-0.39, 0.29) is 5.69 Å². The van der Waals surface area contributed by atoms with Gasteiger partial charge in [-0.3, -0.25) is 10.1 Å². The second kappa shape index (κ2) is 6.69. The Morgan fingerprint density at radius 3 is 2.60 bits per heavy atom. The lowest BCUT2D eigenvalue weighted by Crippen LogP contribution is -2.35. The molecule has 8 nitrogen and oxygen atoms in total. The molecule has 0 radical (unpaired) electrons. The number of hydrogen-bond donors (Lipinski definition) is 2. The molecule has 0 saturated heterocycles. The third kappa shape index (κ3) is 5.98. The van der Waals surface area contributed by atoms with E-state index < -0.39 is 16.6 Å². The van der Waals surface area contributed by atoms with Gasteiger partial charge in [0, 0.05) is 19.2 Å². The second-order valence-corrected chi connectivity index (χ2v) is 5.01. The third-order valence-corrected chi connectivity index (χ3v) is 2.06. The van der Waals surface area contributed by atoms with Crippen molar-refractivity contribution in [2.45, 2.75) is 26.4 Å². The first kappa shape index (κ1) is 15.7. The van der Waals surface area contributed by atoms with Crippen molar-refractivity contribution in [3.05, 3.63) is 28.4 Å². The Morgan fingerprint density at radius 2 is 2.10 bits per heavy atom. The van der Waals surface area contributed by atoms with E-state index in [0.29, 0.717) is 18.9 Å². The standard InChI is InChI=1S/C12H18N4O4/c1-12(2,3)20-11(17)14-7-6-13-10-5-4-9(8-15-10)16(18)19/h4-5,8H,6-7H2,1-3H3,(H,13,15)(H,14,17). The number of amides is 1. The van der Waals surface area contributed by atoms with Crippen molar-refractivity contribution in [3.63, 3.8) is 0 Å². The number of aromatic nitrogens is 1. The van der Waals surface area contributed by atoms with Gasteiger partial charge in [-0.05, 0) is 26.8 Å². The van der Waals surface area contributed by atoms with Crippen LogP contribution in [0.25, 0.3) is 0 Å². The Labute approximate surface area is 116 Å². The summed E-state index contributed by atoms with van der Waals surface area (Å²) in [7, 11) is 0. The van der Waals surface area contributed by atoms with Crippen LogP contribution in [0.15, 0.2) is 18.3 Å². The minimum absolute atomic E-state index is 0.0672. The van der Waals surface area contributed by atoms with Crippen molar-refractivity contribution in [3.8, 4) is 0 Å².